The van der Waals surface area contributed by atoms with Gasteiger partial charge >= 0.3 is 5.97 Å². The maximum absolute atomic E-state index is 13.0. The Kier molecular flexibility index (Phi) is 3.10. The van der Waals surface area contributed by atoms with Crippen molar-refractivity contribution in [3.05, 3.63) is 42.0 Å². The number of rotatable bonds is 3. The normalized spacial score (nSPS) is 34.1. The average Bonchev–Trinajstić information content (AvgIpc) is 3.22. The predicted octanol–water partition coefficient (Wildman–Crippen LogP) is 1.71. The molecule has 1 aromatic carbocycles. The van der Waals surface area contributed by atoms with Crippen molar-refractivity contribution in [3.8, 4) is 0 Å². The molecular weight excluding hydrogens is 294 g/mol. The molecule has 4 atom stereocenters. The van der Waals surface area contributed by atoms with Crippen molar-refractivity contribution < 1.29 is 19.1 Å². The van der Waals surface area contributed by atoms with Gasteiger partial charge in [-0.05, 0) is 24.1 Å². The van der Waals surface area contributed by atoms with Crippen LogP contribution in [-0.2, 0) is 25.5 Å². The van der Waals surface area contributed by atoms with E-state index in [0.29, 0.717) is 6.54 Å². The molecule has 0 N–H and O–H groups in total. The molecule has 2 bridgehead atoms. The molecule has 120 valence electrons. The van der Waals surface area contributed by atoms with Gasteiger partial charge in [0.1, 0.15) is 11.5 Å². The second-order valence-electron chi connectivity index (χ2n) is 6.37. The van der Waals surface area contributed by atoms with Gasteiger partial charge in [-0.1, -0.05) is 31.2 Å². The van der Waals surface area contributed by atoms with Crippen molar-refractivity contribution in [1.82, 2.24) is 0 Å². The fraction of sp³-hybridized carbons (Fsp3) is 0.444. The van der Waals surface area contributed by atoms with E-state index in [0.717, 1.165) is 12.1 Å². The van der Waals surface area contributed by atoms with Crippen LogP contribution in [0.1, 0.15) is 12.5 Å². The zero-order chi connectivity index (χ0) is 16.2. The number of amides is 1. The molecule has 0 radical (unpaired) electrons. The SMILES string of the molecule is CCc1ccc(N2C[C@@]34C=C[C@@H](O3)[C@H](C(=O)OC)[C@H]4C2=O)cc1. The van der Waals surface area contributed by atoms with Crippen LogP contribution >= 0.6 is 0 Å². The fourth-order valence-corrected chi connectivity index (χ4v) is 4.03. The minimum Gasteiger partial charge on any atom is -0.469 e. The van der Waals surface area contributed by atoms with Crippen molar-refractivity contribution in [2.45, 2.75) is 25.0 Å². The number of anilines is 1. The Bertz CT molecular complexity index is 695. The van der Waals surface area contributed by atoms with Crippen molar-refractivity contribution in [1.29, 1.82) is 0 Å². The molecule has 1 amide bonds. The summed E-state index contributed by atoms with van der Waals surface area (Å²) < 4.78 is 10.9. The summed E-state index contributed by atoms with van der Waals surface area (Å²) >= 11 is 0. The maximum Gasteiger partial charge on any atom is 0.312 e. The van der Waals surface area contributed by atoms with E-state index in [1.807, 2.05) is 36.4 Å². The number of hydrogen-bond donors (Lipinski definition) is 0. The summed E-state index contributed by atoms with van der Waals surface area (Å²) in [5, 5.41) is 0. The third-order valence-electron chi connectivity index (χ3n) is 5.23. The van der Waals surface area contributed by atoms with Gasteiger partial charge < -0.3 is 14.4 Å². The molecule has 3 aliphatic rings. The van der Waals surface area contributed by atoms with E-state index in [9.17, 15) is 9.59 Å². The number of carbonyl (C=O) groups excluding carboxylic acids is 2. The third-order valence-corrected chi connectivity index (χ3v) is 5.23. The van der Waals surface area contributed by atoms with E-state index in [1.165, 1.54) is 12.7 Å². The summed E-state index contributed by atoms with van der Waals surface area (Å²) in [6.45, 7) is 2.54. The Labute approximate surface area is 134 Å². The van der Waals surface area contributed by atoms with E-state index < -0.39 is 17.4 Å². The smallest absolute Gasteiger partial charge is 0.312 e. The summed E-state index contributed by atoms with van der Waals surface area (Å²) in [7, 11) is 1.35. The number of nitrogens with zero attached hydrogens (tertiary/aromatic N) is 1. The van der Waals surface area contributed by atoms with Crippen LogP contribution in [0.2, 0.25) is 0 Å². The fourth-order valence-electron chi connectivity index (χ4n) is 4.03. The maximum atomic E-state index is 13.0. The highest BCUT2D eigenvalue weighted by Crippen LogP contribution is 2.52. The topological polar surface area (TPSA) is 55.8 Å². The van der Waals surface area contributed by atoms with Gasteiger partial charge in [0.15, 0.2) is 0 Å². The van der Waals surface area contributed by atoms with Crippen molar-refractivity contribution >= 4 is 17.6 Å². The van der Waals surface area contributed by atoms with Gasteiger partial charge in [-0.15, -0.1) is 0 Å². The molecule has 1 aromatic rings. The number of carbonyl (C=O) groups is 2. The largest absolute Gasteiger partial charge is 0.469 e. The zero-order valence-electron chi connectivity index (χ0n) is 13.2. The van der Waals surface area contributed by atoms with Crippen LogP contribution < -0.4 is 4.90 Å². The van der Waals surface area contributed by atoms with Gasteiger partial charge in [0.2, 0.25) is 5.91 Å². The second-order valence-corrected chi connectivity index (χ2v) is 6.37. The number of ether oxygens (including phenoxy) is 2. The predicted molar refractivity (Wildman–Crippen MR) is 83.9 cm³/mol. The third kappa shape index (κ3) is 1.89. The summed E-state index contributed by atoms with van der Waals surface area (Å²) in [5.74, 6) is -1.47. The van der Waals surface area contributed by atoms with Crippen LogP contribution in [-0.4, -0.2) is 37.2 Å². The van der Waals surface area contributed by atoms with Gasteiger partial charge in [0, 0.05) is 5.69 Å². The lowest BCUT2D eigenvalue weighted by atomic mass is 9.77. The number of aryl methyl sites for hydroxylation is 1. The lowest BCUT2D eigenvalue weighted by molar-refractivity contribution is -0.149. The molecule has 23 heavy (non-hydrogen) atoms. The lowest BCUT2D eigenvalue weighted by Crippen LogP contribution is -2.39. The van der Waals surface area contributed by atoms with Crippen LogP contribution in [0.15, 0.2) is 36.4 Å². The minimum absolute atomic E-state index is 0.0588. The van der Waals surface area contributed by atoms with Crippen LogP contribution in [0.4, 0.5) is 5.69 Å². The van der Waals surface area contributed by atoms with E-state index >= 15 is 0 Å². The second kappa shape index (κ2) is 4.93. The van der Waals surface area contributed by atoms with Gasteiger partial charge in [0.25, 0.3) is 0 Å². The van der Waals surface area contributed by atoms with Crippen LogP contribution in [0.5, 0.6) is 0 Å². The van der Waals surface area contributed by atoms with Crippen LogP contribution in [0.3, 0.4) is 0 Å². The molecular formula is C18H19NO4. The molecule has 0 saturated carbocycles. The molecule has 5 heteroatoms. The Morgan fingerprint density at radius 3 is 2.78 bits per heavy atom. The first-order valence-corrected chi connectivity index (χ1v) is 7.95. The highest BCUT2D eigenvalue weighted by atomic mass is 16.5. The zero-order valence-corrected chi connectivity index (χ0v) is 13.2. The van der Waals surface area contributed by atoms with Crippen molar-refractivity contribution in [2.24, 2.45) is 11.8 Å². The Balaban J connectivity index is 1.68. The minimum atomic E-state index is -0.690. The van der Waals surface area contributed by atoms with Gasteiger partial charge in [0.05, 0.1) is 25.7 Å². The molecule has 5 nitrogen and oxygen atoms in total. The lowest BCUT2D eigenvalue weighted by Gasteiger charge is -2.22. The van der Waals surface area contributed by atoms with E-state index in [2.05, 4.69) is 6.92 Å². The van der Waals surface area contributed by atoms with Crippen molar-refractivity contribution in [3.63, 3.8) is 0 Å². The molecule has 2 saturated heterocycles. The number of hydrogen-bond acceptors (Lipinski definition) is 4. The summed E-state index contributed by atoms with van der Waals surface area (Å²) in [5.41, 5.74) is 1.38. The molecule has 3 aliphatic heterocycles. The molecule has 1 spiro atoms. The first kappa shape index (κ1) is 14.5. The summed E-state index contributed by atoms with van der Waals surface area (Å²) in [6, 6.07) is 7.97. The number of fused-ring (bicyclic) bond motifs is 1. The highest BCUT2D eigenvalue weighted by molar-refractivity contribution is 6.02. The van der Waals surface area contributed by atoms with Gasteiger partial charge in [-0.2, -0.15) is 0 Å². The van der Waals surface area contributed by atoms with E-state index in [1.54, 1.807) is 4.90 Å². The average molecular weight is 313 g/mol. The Hall–Kier alpha value is -2.14. The van der Waals surface area contributed by atoms with Gasteiger partial charge in [-0.3, -0.25) is 9.59 Å². The van der Waals surface area contributed by atoms with Crippen LogP contribution in [0, 0.1) is 11.8 Å². The Morgan fingerprint density at radius 1 is 1.39 bits per heavy atom. The Morgan fingerprint density at radius 2 is 2.13 bits per heavy atom. The van der Waals surface area contributed by atoms with E-state index in [4.69, 9.17) is 9.47 Å². The van der Waals surface area contributed by atoms with Crippen molar-refractivity contribution in [2.75, 3.05) is 18.6 Å². The molecule has 0 aromatic heterocycles. The number of methoxy groups -OCH3 is 1. The monoisotopic (exact) mass is 313 g/mol. The molecule has 0 unspecified atom stereocenters. The first-order valence-electron chi connectivity index (χ1n) is 7.95. The molecule has 3 heterocycles. The van der Waals surface area contributed by atoms with Gasteiger partial charge in [-0.25, -0.2) is 0 Å². The quantitative estimate of drug-likeness (QED) is 0.630. The standard InChI is InChI=1S/C18H19NO4/c1-3-11-4-6-12(7-5-11)19-10-18-9-8-13(23-18)14(17(21)22-2)15(18)16(19)20/h4-9,13-15H,3,10H2,1-2H3/t13-,14+,15+,18-/m1/s1. The molecule has 4 rings (SSSR count). The summed E-state index contributed by atoms with van der Waals surface area (Å²) in [6.07, 6.45) is 4.44. The van der Waals surface area contributed by atoms with Crippen LogP contribution in [0.25, 0.3) is 0 Å². The molecule has 0 aliphatic carbocycles. The van der Waals surface area contributed by atoms with E-state index in [-0.39, 0.29) is 18.0 Å². The summed E-state index contributed by atoms with van der Waals surface area (Å²) in [4.78, 5) is 26.8. The first-order chi connectivity index (χ1) is 11.1. The number of esters is 1. The highest BCUT2D eigenvalue weighted by Gasteiger charge is 2.67. The molecule has 2 fully saturated rings. The number of benzene rings is 1.